The summed E-state index contributed by atoms with van der Waals surface area (Å²) in [7, 11) is 0. The molecule has 3 aromatic rings. The van der Waals surface area contributed by atoms with Crippen LogP contribution in [0.15, 0.2) is 53.6 Å². The minimum absolute atomic E-state index is 0.0660. The molecule has 10 heteroatoms. The molecular formula is C17H11Cl2N5O3. The van der Waals surface area contributed by atoms with E-state index in [0.29, 0.717) is 26.9 Å². The summed E-state index contributed by atoms with van der Waals surface area (Å²) < 4.78 is 0. The molecule has 0 aliphatic heterocycles. The molecule has 0 radical (unpaired) electrons. The summed E-state index contributed by atoms with van der Waals surface area (Å²) in [5, 5.41) is 22.1. The fraction of sp³-hybridized carbons (Fsp3) is 0. The van der Waals surface area contributed by atoms with Crippen molar-refractivity contribution >= 4 is 41.0 Å². The molecule has 0 spiro atoms. The molecule has 1 aromatic heterocycles. The first kappa shape index (κ1) is 18.6. The summed E-state index contributed by atoms with van der Waals surface area (Å²) in [4.78, 5) is 22.4. The number of aromatic nitrogens is 2. The SMILES string of the molecule is O=C(N/N=C\c1cccc([N+](=O)[O-])c1)c1cc(-c2cc(Cl)cc(Cl)c2)n[nH]1. The molecule has 0 aliphatic rings. The van der Waals surface area contributed by atoms with Gasteiger partial charge in [-0.25, -0.2) is 5.43 Å². The van der Waals surface area contributed by atoms with Crippen molar-refractivity contribution in [2.24, 2.45) is 5.10 Å². The minimum atomic E-state index is -0.524. The predicted molar refractivity (Wildman–Crippen MR) is 102 cm³/mol. The van der Waals surface area contributed by atoms with Gasteiger partial charge in [-0.2, -0.15) is 10.2 Å². The maximum Gasteiger partial charge on any atom is 0.289 e. The van der Waals surface area contributed by atoms with E-state index in [1.165, 1.54) is 30.5 Å². The van der Waals surface area contributed by atoms with Crippen molar-refractivity contribution in [2.75, 3.05) is 0 Å². The van der Waals surface area contributed by atoms with E-state index in [1.54, 1.807) is 24.3 Å². The predicted octanol–water partition coefficient (Wildman–Crippen LogP) is 4.06. The van der Waals surface area contributed by atoms with Crippen molar-refractivity contribution in [3.8, 4) is 11.3 Å². The van der Waals surface area contributed by atoms with Crippen LogP contribution >= 0.6 is 23.2 Å². The number of aromatic amines is 1. The van der Waals surface area contributed by atoms with Crippen LogP contribution in [0.3, 0.4) is 0 Å². The number of carbonyl (C=O) groups is 1. The van der Waals surface area contributed by atoms with Crippen molar-refractivity contribution in [3.05, 3.63) is 79.9 Å². The lowest BCUT2D eigenvalue weighted by molar-refractivity contribution is -0.384. The summed E-state index contributed by atoms with van der Waals surface area (Å²) in [5.41, 5.74) is 4.06. The number of amides is 1. The Hall–Kier alpha value is -3.23. The third kappa shape index (κ3) is 4.69. The average Bonchev–Trinajstić information content (AvgIpc) is 3.11. The summed E-state index contributed by atoms with van der Waals surface area (Å²) >= 11 is 11.9. The van der Waals surface area contributed by atoms with E-state index in [0.717, 1.165) is 0 Å². The van der Waals surface area contributed by atoms with Crippen LogP contribution in [0.5, 0.6) is 0 Å². The third-order valence-electron chi connectivity index (χ3n) is 3.44. The van der Waals surface area contributed by atoms with Gasteiger partial charge in [0.25, 0.3) is 11.6 Å². The zero-order valence-electron chi connectivity index (χ0n) is 13.5. The average molecular weight is 404 g/mol. The van der Waals surface area contributed by atoms with Gasteiger partial charge in [0.05, 0.1) is 16.8 Å². The van der Waals surface area contributed by atoms with E-state index in [2.05, 4.69) is 20.7 Å². The summed E-state index contributed by atoms with van der Waals surface area (Å²) in [6.45, 7) is 0. The normalized spacial score (nSPS) is 10.9. The Kier molecular flexibility index (Phi) is 5.49. The maximum atomic E-state index is 12.1. The number of H-pyrrole nitrogens is 1. The van der Waals surface area contributed by atoms with Crippen LogP contribution in [-0.4, -0.2) is 27.2 Å². The first-order chi connectivity index (χ1) is 12.9. The van der Waals surface area contributed by atoms with Gasteiger partial charge in [-0.15, -0.1) is 0 Å². The molecule has 1 heterocycles. The standard InChI is InChI=1S/C17H11Cl2N5O3/c18-12-5-11(6-13(19)7-12)15-8-16(22-21-15)17(25)23-20-9-10-2-1-3-14(4-10)24(26)27/h1-9H,(H,21,22)(H,23,25)/b20-9-. The van der Waals surface area contributed by atoms with Crippen LogP contribution in [-0.2, 0) is 0 Å². The molecule has 1 amide bonds. The smallest absolute Gasteiger partial charge is 0.272 e. The van der Waals surface area contributed by atoms with Gasteiger partial charge < -0.3 is 0 Å². The Morgan fingerprint density at radius 3 is 2.63 bits per heavy atom. The molecule has 2 aromatic carbocycles. The number of benzene rings is 2. The number of nitro benzene ring substituents is 1. The monoisotopic (exact) mass is 403 g/mol. The number of carbonyl (C=O) groups excluding carboxylic acids is 1. The lowest BCUT2D eigenvalue weighted by Crippen LogP contribution is -2.18. The van der Waals surface area contributed by atoms with Crippen LogP contribution in [0.25, 0.3) is 11.3 Å². The van der Waals surface area contributed by atoms with E-state index in [4.69, 9.17) is 23.2 Å². The topological polar surface area (TPSA) is 113 Å². The van der Waals surface area contributed by atoms with E-state index in [-0.39, 0.29) is 11.4 Å². The van der Waals surface area contributed by atoms with Crippen LogP contribution in [0, 0.1) is 10.1 Å². The molecular weight excluding hydrogens is 393 g/mol. The molecule has 0 bridgehead atoms. The highest BCUT2D eigenvalue weighted by atomic mass is 35.5. The van der Waals surface area contributed by atoms with E-state index < -0.39 is 10.8 Å². The lowest BCUT2D eigenvalue weighted by Gasteiger charge is -1.98. The van der Waals surface area contributed by atoms with E-state index in [9.17, 15) is 14.9 Å². The summed E-state index contributed by atoms with van der Waals surface area (Å²) in [5.74, 6) is -0.524. The molecule has 2 N–H and O–H groups in total. The molecule has 0 atom stereocenters. The number of hydrazone groups is 1. The van der Waals surface area contributed by atoms with Gasteiger partial charge in [-0.05, 0) is 24.3 Å². The minimum Gasteiger partial charge on any atom is -0.272 e. The Labute approximate surface area is 163 Å². The Balaban J connectivity index is 1.69. The highest BCUT2D eigenvalue weighted by Crippen LogP contribution is 2.26. The van der Waals surface area contributed by atoms with Crippen molar-refractivity contribution in [1.82, 2.24) is 15.6 Å². The maximum absolute atomic E-state index is 12.1. The number of non-ortho nitro benzene ring substituents is 1. The van der Waals surface area contributed by atoms with Crippen molar-refractivity contribution < 1.29 is 9.72 Å². The Morgan fingerprint density at radius 1 is 1.19 bits per heavy atom. The zero-order chi connectivity index (χ0) is 19.4. The molecule has 0 aliphatic carbocycles. The van der Waals surface area contributed by atoms with Gasteiger partial charge in [0, 0.05) is 33.3 Å². The Bertz CT molecular complexity index is 1030. The van der Waals surface area contributed by atoms with Crippen molar-refractivity contribution in [1.29, 1.82) is 0 Å². The van der Waals surface area contributed by atoms with E-state index >= 15 is 0 Å². The summed E-state index contributed by atoms with van der Waals surface area (Å²) in [6.07, 6.45) is 1.30. The first-order valence-corrected chi connectivity index (χ1v) is 8.28. The highest BCUT2D eigenvalue weighted by molar-refractivity contribution is 6.35. The fourth-order valence-corrected chi connectivity index (χ4v) is 2.76. The molecule has 27 heavy (non-hydrogen) atoms. The largest absolute Gasteiger partial charge is 0.289 e. The number of nitrogens with one attached hydrogen (secondary N) is 2. The lowest BCUT2D eigenvalue weighted by atomic mass is 10.1. The molecule has 3 rings (SSSR count). The number of hydrogen-bond donors (Lipinski definition) is 2. The first-order valence-electron chi connectivity index (χ1n) is 7.52. The van der Waals surface area contributed by atoms with Gasteiger partial charge in [-0.3, -0.25) is 20.0 Å². The number of nitrogens with zero attached hydrogens (tertiary/aromatic N) is 3. The molecule has 0 fully saturated rings. The van der Waals surface area contributed by atoms with Crippen molar-refractivity contribution in [2.45, 2.75) is 0 Å². The second-order valence-electron chi connectivity index (χ2n) is 5.38. The van der Waals surface area contributed by atoms with Crippen LogP contribution in [0.2, 0.25) is 10.0 Å². The molecule has 0 unspecified atom stereocenters. The summed E-state index contributed by atoms with van der Waals surface area (Å²) in [6, 6.07) is 12.3. The number of hydrogen-bond acceptors (Lipinski definition) is 5. The van der Waals surface area contributed by atoms with Gasteiger partial charge in [0.15, 0.2) is 0 Å². The van der Waals surface area contributed by atoms with Crippen LogP contribution < -0.4 is 5.43 Å². The molecule has 8 nitrogen and oxygen atoms in total. The number of nitro groups is 1. The number of halogens is 2. The zero-order valence-corrected chi connectivity index (χ0v) is 15.0. The highest BCUT2D eigenvalue weighted by Gasteiger charge is 2.11. The van der Waals surface area contributed by atoms with Crippen LogP contribution in [0.4, 0.5) is 5.69 Å². The van der Waals surface area contributed by atoms with Crippen molar-refractivity contribution in [3.63, 3.8) is 0 Å². The molecule has 0 saturated heterocycles. The second-order valence-corrected chi connectivity index (χ2v) is 6.25. The van der Waals surface area contributed by atoms with Gasteiger partial charge in [-0.1, -0.05) is 35.3 Å². The Morgan fingerprint density at radius 2 is 1.93 bits per heavy atom. The second kappa shape index (κ2) is 7.98. The van der Waals surface area contributed by atoms with Gasteiger partial charge in [0.2, 0.25) is 0 Å². The molecule has 136 valence electrons. The third-order valence-corrected chi connectivity index (χ3v) is 3.88. The number of rotatable bonds is 5. The van der Waals surface area contributed by atoms with Gasteiger partial charge in [0.1, 0.15) is 5.69 Å². The van der Waals surface area contributed by atoms with Gasteiger partial charge >= 0.3 is 0 Å². The van der Waals surface area contributed by atoms with E-state index in [1.807, 2.05) is 0 Å². The fourth-order valence-electron chi connectivity index (χ4n) is 2.23. The molecule has 0 saturated carbocycles. The quantitative estimate of drug-likeness (QED) is 0.379. The van der Waals surface area contributed by atoms with Crippen LogP contribution in [0.1, 0.15) is 16.1 Å².